The molecule has 0 bridgehead atoms. The minimum absolute atomic E-state index is 0.0627. The third-order valence-electron chi connectivity index (χ3n) is 6.14. The summed E-state index contributed by atoms with van der Waals surface area (Å²) in [6.07, 6.45) is 2.31. The van der Waals surface area contributed by atoms with Gasteiger partial charge in [-0.2, -0.15) is 0 Å². The van der Waals surface area contributed by atoms with Gasteiger partial charge in [0.05, 0.1) is 6.54 Å². The van der Waals surface area contributed by atoms with Gasteiger partial charge in [0.1, 0.15) is 12.4 Å². The smallest absolute Gasteiger partial charge is 0.322 e. The summed E-state index contributed by atoms with van der Waals surface area (Å²) in [6.45, 7) is 3.84. The second kappa shape index (κ2) is 12.9. The molecule has 36 heavy (non-hydrogen) atoms. The standard InChI is InChI=1S/C27H30ClFN4O2S/c28-22-5-3-6-24(17-22)30-27(35)32(15-14-31-12-1-2-13-31)20-26(34)33(19-25-7-4-16-36-25)18-21-8-10-23(29)11-9-21/h3-11,16-17H,1-2,12-15,18-20H2,(H,30,35). The number of nitrogens with one attached hydrogen (secondary N) is 1. The Morgan fingerprint density at radius 3 is 2.47 bits per heavy atom. The van der Waals surface area contributed by atoms with E-state index in [1.54, 1.807) is 57.5 Å². The Morgan fingerprint density at radius 1 is 1.00 bits per heavy atom. The van der Waals surface area contributed by atoms with Gasteiger partial charge in [0, 0.05) is 35.2 Å². The molecule has 1 fully saturated rings. The van der Waals surface area contributed by atoms with E-state index in [0.29, 0.717) is 36.9 Å². The quantitative estimate of drug-likeness (QED) is 0.367. The lowest BCUT2D eigenvalue weighted by Gasteiger charge is -2.29. The number of anilines is 1. The van der Waals surface area contributed by atoms with Gasteiger partial charge in [0.15, 0.2) is 0 Å². The van der Waals surface area contributed by atoms with E-state index in [4.69, 9.17) is 11.6 Å². The van der Waals surface area contributed by atoms with Crippen molar-refractivity contribution >= 4 is 40.6 Å². The molecule has 0 radical (unpaired) electrons. The van der Waals surface area contributed by atoms with E-state index in [0.717, 1.165) is 36.4 Å². The first-order valence-electron chi connectivity index (χ1n) is 12.0. The molecule has 1 aromatic heterocycles. The first-order chi connectivity index (χ1) is 17.5. The van der Waals surface area contributed by atoms with Crippen LogP contribution in [0.3, 0.4) is 0 Å². The largest absolute Gasteiger partial charge is 0.332 e. The van der Waals surface area contributed by atoms with Gasteiger partial charge in [-0.3, -0.25) is 4.79 Å². The highest BCUT2D eigenvalue weighted by Gasteiger charge is 2.24. The molecule has 2 heterocycles. The Labute approximate surface area is 220 Å². The van der Waals surface area contributed by atoms with E-state index >= 15 is 0 Å². The first kappa shape index (κ1) is 26.1. The number of urea groups is 1. The highest BCUT2D eigenvalue weighted by atomic mass is 35.5. The van der Waals surface area contributed by atoms with Crippen molar-refractivity contribution in [3.8, 4) is 0 Å². The molecule has 9 heteroatoms. The van der Waals surface area contributed by atoms with Crippen LogP contribution in [0.5, 0.6) is 0 Å². The van der Waals surface area contributed by atoms with E-state index < -0.39 is 0 Å². The third-order valence-corrected chi connectivity index (χ3v) is 7.24. The SMILES string of the molecule is O=C(CN(CCN1CCCC1)C(=O)Nc1cccc(Cl)c1)N(Cc1ccc(F)cc1)Cc1cccs1. The van der Waals surface area contributed by atoms with Crippen LogP contribution in [0.2, 0.25) is 5.02 Å². The molecule has 3 amide bonds. The fourth-order valence-electron chi connectivity index (χ4n) is 4.19. The highest BCUT2D eigenvalue weighted by Crippen LogP contribution is 2.18. The Morgan fingerprint density at radius 2 is 1.78 bits per heavy atom. The Bertz CT molecular complexity index is 1140. The molecule has 1 aliphatic heterocycles. The lowest BCUT2D eigenvalue weighted by Crippen LogP contribution is -2.46. The van der Waals surface area contributed by atoms with Gasteiger partial charge in [0.2, 0.25) is 5.91 Å². The predicted octanol–water partition coefficient (Wildman–Crippen LogP) is 5.70. The van der Waals surface area contributed by atoms with Crippen LogP contribution in [-0.4, -0.2) is 59.4 Å². The second-order valence-electron chi connectivity index (χ2n) is 8.87. The number of carbonyl (C=O) groups is 2. The van der Waals surface area contributed by atoms with Crippen molar-refractivity contribution in [3.05, 3.63) is 87.3 Å². The number of halogens is 2. The van der Waals surface area contributed by atoms with Crippen LogP contribution >= 0.6 is 22.9 Å². The number of nitrogens with zero attached hydrogens (tertiary/aromatic N) is 3. The van der Waals surface area contributed by atoms with E-state index in [9.17, 15) is 14.0 Å². The molecule has 2 aromatic carbocycles. The van der Waals surface area contributed by atoms with Crippen molar-refractivity contribution < 1.29 is 14.0 Å². The molecule has 190 valence electrons. The van der Waals surface area contributed by atoms with E-state index in [2.05, 4.69) is 10.2 Å². The molecule has 0 saturated carbocycles. The van der Waals surface area contributed by atoms with E-state index in [1.807, 2.05) is 17.5 Å². The van der Waals surface area contributed by atoms with Crippen molar-refractivity contribution in [1.29, 1.82) is 0 Å². The topological polar surface area (TPSA) is 55.9 Å². The third kappa shape index (κ3) is 7.78. The molecule has 0 aliphatic carbocycles. The number of rotatable bonds is 10. The highest BCUT2D eigenvalue weighted by molar-refractivity contribution is 7.09. The van der Waals surface area contributed by atoms with Crippen LogP contribution in [0.15, 0.2) is 66.0 Å². The van der Waals surface area contributed by atoms with E-state index in [1.165, 1.54) is 12.1 Å². The zero-order chi connectivity index (χ0) is 25.3. The fourth-order valence-corrected chi connectivity index (χ4v) is 5.10. The van der Waals surface area contributed by atoms with Gasteiger partial charge in [-0.1, -0.05) is 35.9 Å². The van der Waals surface area contributed by atoms with Gasteiger partial charge in [0.25, 0.3) is 0 Å². The molecule has 1 aliphatic rings. The number of hydrogen-bond donors (Lipinski definition) is 1. The molecule has 1 N–H and O–H groups in total. The van der Waals surface area contributed by atoms with Crippen LogP contribution in [0, 0.1) is 5.82 Å². The first-order valence-corrected chi connectivity index (χ1v) is 13.3. The van der Waals surface area contributed by atoms with Gasteiger partial charge < -0.3 is 20.0 Å². The second-order valence-corrected chi connectivity index (χ2v) is 10.3. The predicted molar refractivity (Wildman–Crippen MR) is 143 cm³/mol. The number of amides is 3. The van der Waals surface area contributed by atoms with Crippen LogP contribution in [-0.2, 0) is 17.9 Å². The number of carbonyl (C=O) groups excluding carboxylic acids is 2. The molecule has 0 atom stereocenters. The lowest BCUT2D eigenvalue weighted by atomic mass is 10.2. The molecule has 3 aromatic rings. The zero-order valence-electron chi connectivity index (χ0n) is 20.0. The lowest BCUT2D eigenvalue weighted by molar-refractivity contribution is -0.133. The fraction of sp³-hybridized carbons (Fsp3) is 0.333. The molecular formula is C27H30ClFN4O2S. The molecule has 4 rings (SSSR count). The zero-order valence-corrected chi connectivity index (χ0v) is 21.6. The van der Waals surface area contributed by atoms with Crippen molar-refractivity contribution in [2.24, 2.45) is 0 Å². The summed E-state index contributed by atoms with van der Waals surface area (Å²) in [4.78, 5) is 33.4. The number of thiophene rings is 1. The van der Waals surface area contributed by atoms with E-state index in [-0.39, 0.29) is 24.3 Å². The van der Waals surface area contributed by atoms with Gasteiger partial charge in [-0.15, -0.1) is 11.3 Å². The van der Waals surface area contributed by atoms with Gasteiger partial charge in [-0.25, -0.2) is 9.18 Å². The Kier molecular flexibility index (Phi) is 9.33. The summed E-state index contributed by atoms with van der Waals surface area (Å²) >= 11 is 7.65. The molecule has 0 unspecified atom stereocenters. The summed E-state index contributed by atoms with van der Waals surface area (Å²) in [6, 6.07) is 16.7. The molecule has 6 nitrogen and oxygen atoms in total. The number of likely N-dealkylation sites (tertiary alicyclic amines) is 1. The summed E-state index contributed by atoms with van der Waals surface area (Å²) < 4.78 is 13.4. The van der Waals surface area contributed by atoms with Crippen LogP contribution < -0.4 is 5.32 Å². The van der Waals surface area contributed by atoms with Crippen molar-refractivity contribution in [2.75, 3.05) is 38.0 Å². The summed E-state index contributed by atoms with van der Waals surface area (Å²) in [7, 11) is 0. The molecule has 1 saturated heterocycles. The minimum Gasteiger partial charge on any atom is -0.332 e. The van der Waals surface area contributed by atoms with Crippen molar-refractivity contribution in [1.82, 2.24) is 14.7 Å². The van der Waals surface area contributed by atoms with Crippen LogP contribution in [0.4, 0.5) is 14.9 Å². The molecule has 0 spiro atoms. The Balaban J connectivity index is 1.49. The van der Waals surface area contributed by atoms with Crippen molar-refractivity contribution in [2.45, 2.75) is 25.9 Å². The maximum Gasteiger partial charge on any atom is 0.322 e. The monoisotopic (exact) mass is 528 g/mol. The summed E-state index contributed by atoms with van der Waals surface area (Å²) in [5, 5.41) is 5.37. The number of benzene rings is 2. The van der Waals surface area contributed by atoms with Crippen molar-refractivity contribution in [3.63, 3.8) is 0 Å². The average Bonchev–Trinajstić information content (AvgIpc) is 3.57. The maximum absolute atomic E-state index is 13.6. The summed E-state index contributed by atoms with van der Waals surface area (Å²) in [5.74, 6) is -0.490. The van der Waals surface area contributed by atoms with Crippen LogP contribution in [0.25, 0.3) is 0 Å². The van der Waals surface area contributed by atoms with Crippen LogP contribution in [0.1, 0.15) is 23.3 Å². The van der Waals surface area contributed by atoms with Gasteiger partial charge >= 0.3 is 6.03 Å². The molecular weight excluding hydrogens is 499 g/mol. The maximum atomic E-state index is 13.6. The normalized spacial score (nSPS) is 13.5. The van der Waals surface area contributed by atoms with Gasteiger partial charge in [-0.05, 0) is 73.3 Å². The average molecular weight is 529 g/mol. The minimum atomic E-state index is -0.345. The summed E-state index contributed by atoms with van der Waals surface area (Å²) in [5.41, 5.74) is 1.40. The number of hydrogen-bond acceptors (Lipinski definition) is 4. The Hall–Kier alpha value is -2.94.